The number of rotatable bonds is 20. The molecule has 0 aliphatic rings. The zero-order valence-electron chi connectivity index (χ0n) is 91.1. The van der Waals surface area contributed by atoms with Crippen molar-refractivity contribution in [2.75, 3.05) is 18.9 Å². The maximum atomic E-state index is 12.5. The van der Waals surface area contributed by atoms with Gasteiger partial charge < -0.3 is 9.05 Å². The minimum absolute atomic E-state index is 0.00337. The SMILES string of the molecule is CC.CC.CC.CC.CC.CC.CC.CC.CC.CC.CC.CC.CC.CC.CC.CC.CC.CC.CC.CC.CC.CC.O=C(c1ccon1)c1ccccc1NS(=O)(=O)c1ccccc1.O=C(c1ccsn1)c1ccccc1NS(=O)(=O)c1ccccc1.O=C(c1cnon1)c1ccccc1NS(=O)(=O)c1ccccc1.O=C(c1ncon1)c1ccccc1NS(=O)(=O)c1ccccc1. The van der Waals surface area contributed by atoms with Crippen LogP contribution in [0.15, 0.2) is 288 Å². The van der Waals surface area contributed by atoms with Gasteiger partial charge in [-0.2, -0.15) is 9.36 Å². The van der Waals surface area contributed by atoms with Crippen molar-refractivity contribution in [3.63, 3.8) is 0 Å². The third-order valence-corrected chi connectivity index (χ3v) is 18.5. The molecule has 0 amide bonds. The molecule has 0 atom stereocenters. The van der Waals surface area contributed by atoms with Crippen LogP contribution >= 0.6 is 11.5 Å². The van der Waals surface area contributed by atoms with Crippen LogP contribution in [0.25, 0.3) is 0 Å². The summed E-state index contributed by atoms with van der Waals surface area (Å²) in [5.41, 5.74) is 1.86. The van der Waals surface area contributed by atoms with Crippen LogP contribution in [0.2, 0.25) is 0 Å². The van der Waals surface area contributed by atoms with Crippen LogP contribution in [0.4, 0.5) is 22.7 Å². The fourth-order valence-corrected chi connectivity index (χ4v) is 12.9. The Morgan fingerprint density at radius 1 is 0.250 bits per heavy atom. The van der Waals surface area contributed by atoms with Gasteiger partial charge in [0.2, 0.25) is 35.4 Å². The molecule has 0 radical (unpaired) electrons. The van der Waals surface area contributed by atoms with E-state index in [4.69, 9.17) is 0 Å². The van der Waals surface area contributed by atoms with Gasteiger partial charge in [-0.3, -0.25) is 38.1 Å². The first-order chi connectivity index (χ1) is 66.3. The molecule has 4 aromatic heterocycles. The second kappa shape index (κ2) is 112. The predicted molar refractivity (Wildman–Crippen MR) is 585 cm³/mol. The van der Waals surface area contributed by atoms with Crippen molar-refractivity contribution >= 4 is 97.5 Å². The number of benzene rings is 8. The van der Waals surface area contributed by atoms with Crippen LogP contribution in [0.1, 0.15) is 369 Å². The second-order valence-electron chi connectivity index (χ2n) is 18.5. The minimum atomic E-state index is -3.80. The average Bonchev–Trinajstić information content (AvgIpc) is 0.993. The molecule has 136 heavy (non-hydrogen) atoms. The van der Waals surface area contributed by atoms with Crippen LogP contribution < -0.4 is 18.9 Å². The number of carbonyl (C=O) groups is 4. The van der Waals surface area contributed by atoms with E-state index in [0.717, 1.165) is 6.39 Å². The van der Waals surface area contributed by atoms with E-state index in [1.807, 2.05) is 305 Å². The summed E-state index contributed by atoms with van der Waals surface area (Å²) >= 11 is 1.17. The second-order valence-corrected chi connectivity index (χ2v) is 25.9. The lowest BCUT2D eigenvalue weighted by atomic mass is 10.1. The molecule has 12 aromatic rings. The summed E-state index contributed by atoms with van der Waals surface area (Å²) < 4.78 is 127. The van der Waals surface area contributed by atoms with Crippen molar-refractivity contribution in [1.29, 1.82) is 0 Å². The van der Waals surface area contributed by atoms with Crippen molar-refractivity contribution in [3.05, 3.63) is 300 Å². The third kappa shape index (κ3) is 63.7. The van der Waals surface area contributed by atoms with E-state index in [2.05, 4.69) is 62.5 Å². The summed E-state index contributed by atoms with van der Waals surface area (Å²) in [7, 11) is -15.1. The molecule has 30 heteroatoms. The van der Waals surface area contributed by atoms with Gasteiger partial charge in [0.1, 0.15) is 18.2 Å². The molecule has 772 valence electrons. The molecule has 0 bridgehead atoms. The third-order valence-electron chi connectivity index (χ3n) is 12.4. The van der Waals surface area contributed by atoms with Gasteiger partial charge in [-0.05, 0) is 120 Å². The Morgan fingerprint density at radius 3 is 0.699 bits per heavy atom. The Bertz CT molecular complexity index is 4340. The number of anilines is 4. The number of aromatic nitrogens is 6. The molecule has 0 aliphatic carbocycles. The van der Waals surface area contributed by atoms with Crippen molar-refractivity contribution < 1.29 is 66.5 Å². The molecule has 0 unspecified atom stereocenters. The summed E-state index contributed by atoms with van der Waals surface area (Å²) in [4.78, 5) is 53.7. The van der Waals surface area contributed by atoms with E-state index in [1.54, 1.807) is 145 Å². The Kier molecular flexibility index (Phi) is 128. The van der Waals surface area contributed by atoms with Gasteiger partial charge in [0, 0.05) is 28.1 Å². The molecule has 0 saturated heterocycles. The molecule has 25 nitrogen and oxygen atoms in total. The monoisotopic (exact) mass is 1990 g/mol. The lowest BCUT2D eigenvalue weighted by Crippen LogP contribution is -2.16. The molecule has 4 heterocycles. The van der Waals surface area contributed by atoms with E-state index in [-0.39, 0.29) is 87.6 Å². The zero-order valence-corrected chi connectivity index (χ0v) is 95.2. The van der Waals surface area contributed by atoms with Gasteiger partial charge in [-0.25, -0.2) is 38.3 Å². The average molecular weight is 1990 g/mol. The van der Waals surface area contributed by atoms with Crippen molar-refractivity contribution in [2.24, 2.45) is 0 Å². The minimum Gasteiger partial charge on any atom is -0.364 e. The highest BCUT2D eigenvalue weighted by atomic mass is 32.2. The fourth-order valence-electron chi connectivity index (χ4n) is 8.02. The number of sulfonamides is 4. The summed E-state index contributed by atoms with van der Waals surface area (Å²) in [5, 5.41) is 15.6. The number of carbonyl (C=O) groups excluding carboxylic acids is 4. The topological polar surface area (TPSA) is 370 Å². The highest BCUT2D eigenvalue weighted by Crippen LogP contribution is 2.27. The van der Waals surface area contributed by atoms with Gasteiger partial charge in [-0.1, -0.05) is 441 Å². The van der Waals surface area contributed by atoms with Crippen LogP contribution in [0.3, 0.4) is 0 Å². The summed E-state index contributed by atoms with van der Waals surface area (Å²) in [5.74, 6) is -1.91. The molecular weight excluding hydrogens is 1810 g/mol. The molecule has 0 aliphatic heterocycles. The number of hydrogen-bond acceptors (Lipinski definition) is 22. The Labute approximate surface area is 831 Å². The van der Waals surface area contributed by atoms with Crippen LogP contribution in [-0.4, -0.2) is 86.8 Å². The van der Waals surface area contributed by atoms with Crippen molar-refractivity contribution in [3.8, 4) is 0 Å². The van der Waals surface area contributed by atoms with E-state index < -0.39 is 57.4 Å². The maximum absolute atomic E-state index is 12.5. The maximum Gasteiger partial charge on any atom is 0.261 e. The standard InChI is InChI=1S/C16H12N2O4S.C16H12N2O3S2.2C15H11N3O4S.22C2H6/c2*19-16(15-10-11-22-17-15)13-8-4-5-9-14(13)18-23(20,21)12-6-2-1-3-7-12;19-14(15-16-10-22-17-15)12-8-4-5-9-13(12)18-23(20,21)11-6-2-1-3-7-11;19-15(14-10-16-22-17-14)12-8-4-5-9-13(12)18-23(20,21)11-6-2-1-3-7-11;22*1-2/h2*1-11,18H;2*1-10,18H;22*1-2H3. The Balaban J connectivity index is -0.000000107. The van der Waals surface area contributed by atoms with E-state index >= 15 is 0 Å². The summed E-state index contributed by atoms with van der Waals surface area (Å²) in [6.07, 6.45) is 3.48. The van der Waals surface area contributed by atoms with Gasteiger partial charge in [-0.15, -0.1) is 0 Å². The summed E-state index contributed by atoms with van der Waals surface area (Å²) in [6, 6.07) is 60.0. The largest absolute Gasteiger partial charge is 0.364 e. The molecular formula is C106H178N10O15S5. The zero-order chi connectivity index (χ0) is 109. The number of nitrogens with zero attached hydrogens (tertiary/aromatic N) is 6. The molecule has 12 rings (SSSR count). The van der Waals surface area contributed by atoms with E-state index in [1.165, 1.54) is 115 Å². The fraction of sp³-hybridized carbons (Fsp3) is 0.415. The van der Waals surface area contributed by atoms with E-state index in [9.17, 15) is 52.8 Å². The lowest BCUT2D eigenvalue weighted by molar-refractivity contribution is 0.102. The highest BCUT2D eigenvalue weighted by Gasteiger charge is 2.25. The summed E-state index contributed by atoms with van der Waals surface area (Å²) in [6.45, 7) is 88.0. The number of para-hydroxylation sites is 4. The van der Waals surface area contributed by atoms with Gasteiger partial charge in [0.15, 0.2) is 11.4 Å². The quantitative estimate of drug-likeness (QED) is 0.0515. The number of hydrogen-bond donors (Lipinski definition) is 4. The van der Waals surface area contributed by atoms with E-state index in [0.29, 0.717) is 5.69 Å². The van der Waals surface area contributed by atoms with Crippen molar-refractivity contribution in [1.82, 2.24) is 30.0 Å². The Hall–Kier alpha value is -11.4. The van der Waals surface area contributed by atoms with Crippen LogP contribution in [0.5, 0.6) is 0 Å². The normalized spacial score (nSPS) is 8.50. The molecule has 4 N–H and O–H groups in total. The van der Waals surface area contributed by atoms with Crippen molar-refractivity contribution in [2.45, 2.75) is 324 Å². The first-order valence-corrected chi connectivity index (χ1v) is 55.3. The molecule has 8 aromatic carbocycles. The molecule has 0 spiro atoms. The van der Waals surface area contributed by atoms with Gasteiger partial charge >= 0.3 is 0 Å². The Morgan fingerprint density at radius 2 is 0.485 bits per heavy atom. The lowest BCUT2D eigenvalue weighted by Gasteiger charge is -2.11. The number of nitrogens with one attached hydrogen (secondary N) is 4. The first-order valence-electron chi connectivity index (χ1n) is 48.5. The molecule has 0 saturated carbocycles. The highest BCUT2D eigenvalue weighted by molar-refractivity contribution is 7.93. The molecule has 0 fully saturated rings. The number of ketones is 4. The predicted octanol–water partition coefficient (Wildman–Crippen LogP) is 32.7. The smallest absolute Gasteiger partial charge is 0.261 e. The van der Waals surface area contributed by atoms with Gasteiger partial charge in [0.25, 0.3) is 40.1 Å². The van der Waals surface area contributed by atoms with Crippen LogP contribution in [0, 0.1) is 0 Å². The first kappa shape index (κ1) is 156. The van der Waals surface area contributed by atoms with Gasteiger partial charge in [0.05, 0.1) is 47.9 Å². The van der Waals surface area contributed by atoms with Crippen LogP contribution in [-0.2, 0) is 40.1 Å².